The molecular formula is C15H20N2. The van der Waals surface area contributed by atoms with E-state index in [0.717, 1.165) is 6.54 Å². The molecule has 0 fully saturated rings. The van der Waals surface area contributed by atoms with E-state index in [1.807, 2.05) is 0 Å². The second kappa shape index (κ2) is 3.14. The lowest BCUT2D eigenvalue weighted by Crippen LogP contribution is -2.50. The van der Waals surface area contributed by atoms with Crippen molar-refractivity contribution in [1.82, 2.24) is 10.3 Å². The molecule has 1 aromatic carbocycles. The molecule has 3 rings (SSSR count). The van der Waals surface area contributed by atoms with Gasteiger partial charge in [0.25, 0.3) is 0 Å². The van der Waals surface area contributed by atoms with Crippen LogP contribution in [0, 0.1) is 0 Å². The molecule has 0 atom stereocenters. The van der Waals surface area contributed by atoms with Gasteiger partial charge in [-0.15, -0.1) is 0 Å². The Morgan fingerprint density at radius 2 is 1.76 bits per heavy atom. The highest BCUT2D eigenvalue weighted by molar-refractivity contribution is 5.86. The number of nitrogens with one attached hydrogen (secondary N) is 2. The molecule has 0 spiro atoms. The third-order valence-electron chi connectivity index (χ3n) is 3.98. The number of benzene rings is 1. The van der Waals surface area contributed by atoms with Crippen molar-refractivity contribution in [2.45, 2.75) is 38.6 Å². The summed E-state index contributed by atoms with van der Waals surface area (Å²) >= 11 is 0. The van der Waals surface area contributed by atoms with E-state index in [9.17, 15) is 0 Å². The summed E-state index contributed by atoms with van der Waals surface area (Å²) in [6.45, 7) is 10.1. The molecule has 2 aromatic rings. The van der Waals surface area contributed by atoms with Crippen LogP contribution in [-0.4, -0.2) is 11.5 Å². The zero-order chi connectivity index (χ0) is 12.3. The molecule has 0 bridgehead atoms. The second-order valence-corrected chi connectivity index (χ2v) is 6.28. The quantitative estimate of drug-likeness (QED) is 0.711. The molecule has 1 aliphatic rings. The Morgan fingerprint density at radius 3 is 2.53 bits per heavy atom. The average Bonchev–Trinajstić information content (AvgIpc) is 2.66. The molecule has 2 heterocycles. The summed E-state index contributed by atoms with van der Waals surface area (Å²) in [6.07, 6.45) is 0. The second-order valence-electron chi connectivity index (χ2n) is 6.28. The van der Waals surface area contributed by atoms with Gasteiger partial charge in [-0.05, 0) is 25.5 Å². The minimum Gasteiger partial charge on any atom is -0.357 e. The highest BCUT2D eigenvalue weighted by atomic mass is 15.0. The molecule has 2 N–H and O–H groups in total. The highest BCUT2D eigenvalue weighted by Gasteiger charge is 2.39. The molecule has 0 amide bonds. The SMILES string of the molecule is CC1(C)CNC(C)(C)c2[nH]c3ccccc3c21. The predicted molar refractivity (Wildman–Crippen MR) is 72.4 cm³/mol. The number of para-hydroxylation sites is 1. The Morgan fingerprint density at radius 1 is 1.06 bits per heavy atom. The molecule has 90 valence electrons. The van der Waals surface area contributed by atoms with Crippen molar-refractivity contribution in [2.24, 2.45) is 0 Å². The Bertz CT molecular complexity index is 576. The number of hydrogen-bond donors (Lipinski definition) is 2. The molecule has 0 saturated heterocycles. The molecule has 0 radical (unpaired) electrons. The van der Waals surface area contributed by atoms with E-state index < -0.39 is 0 Å². The summed E-state index contributed by atoms with van der Waals surface area (Å²) in [6, 6.07) is 8.62. The maximum Gasteiger partial charge on any atom is 0.0533 e. The van der Waals surface area contributed by atoms with E-state index >= 15 is 0 Å². The van der Waals surface area contributed by atoms with E-state index in [1.54, 1.807) is 0 Å². The number of hydrogen-bond acceptors (Lipinski definition) is 1. The number of aromatic amines is 1. The largest absolute Gasteiger partial charge is 0.357 e. The topological polar surface area (TPSA) is 27.8 Å². The van der Waals surface area contributed by atoms with Crippen molar-refractivity contribution in [3.63, 3.8) is 0 Å². The van der Waals surface area contributed by atoms with E-state index in [-0.39, 0.29) is 11.0 Å². The Hall–Kier alpha value is -1.28. The molecule has 0 saturated carbocycles. The van der Waals surface area contributed by atoms with E-state index in [2.05, 4.69) is 62.3 Å². The van der Waals surface area contributed by atoms with Crippen LogP contribution in [0.2, 0.25) is 0 Å². The van der Waals surface area contributed by atoms with Crippen LogP contribution in [0.1, 0.15) is 39.0 Å². The van der Waals surface area contributed by atoms with Gasteiger partial charge in [0.05, 0.1) is 5.54 Å². The third-order valence-corrected chi connectivity index (χ3v) is 3.98. The molecule has 1 aliphatic heterocycles. The summed E-state index contributed by atoms with van der Waals surface area (Å²) < 4.78 is 0. The normalized spacial score (nSPS) is 21.4. The van der Waals surface area contributed by atoms with Crippen molar-refractivity contribution in [3.05, 3.63) is 35.5 Å². The minimum absolute atomic E-state index is 0.0316. The van der Waals surface area contributed by atoms with Crippen molar-refractivity contribution >= 4 is 10.9 Å². The molecule has 0 aliphatic carbocycles. The first-order chi connectivity index (χ1) is 7.92. The van der Waals surface area contributed by atoms with Crippen LogP contribution in [0.15, 0.2) is 24.3 Å². The number of H-pyrrole nitrogens is 1. The van der Waals surface area contributed by atoms with Crippen molar-refractivity contribution < 1.29 is 0 Å². The summed E-state index contributed by atoms with van der Waals surface area (Å²) in [5.74, 6) is 0. The Kier molecular flexibility index (Phi) is 2.00. The molecule has 2 nitrogen and oxygen atoms in total. The summed E-state index contributed by atoms with van der Waals surface area (Å²) in [4.78, 5) is 3.60. The van der Waals surface area contributed by atoms with Gasteiger partial charge < -0.3 is 10.3 Å². The summed E-state index contributed by atoms with van der Waals surface area (Å²) in [5.41, 5.74) is 4.29. The van der Waals surface area contributed by atoms with Crippen molar-refractivity contribution in [2.75, 3.05) is 6.54 Å². The fraction of sp³-hybridized carbons (Fsp3) is 0.467. The third kappa shape index (κ3) is 1.44. The minimum atomic E-state index is 0.0316. The molecule has 1 aromatic heterocycles. The molecule has 0 unspecified atom stereocenters. The van der Waals surface area contributed by atoms with Crippen LogP contribution < -0.4 is 5.32 Å². The predicted octanol–water partition coefficient (Wildman–Crippen LogP) is 3.28. The zero-order valence-electron chi connectivity index (χ0n) is 11.0. The van der Waals surface area contributed by atoms with Gasteiger partial charge in [-0.3, -0.25) is 0 Å². The molecule has 17 heavy (non-hydrogen) atoms. The fourth-order valence-corrected chi connectivity index (χ4v) is 2.93. The van der Waals surface area contributed by atoms with Gasteiger partial charge in [0.15, 0.2) is 0 Å². The van der Waals surface area contributed by atoms with E-state index in [1.165, 1.54) is 22.2 Å². The zero-order valence-corrected chi connectivity index (χ0v) is 11.0. The van der Waals surface area contributed by atoms with Gasteiger partial charge in [0.2, 0.25) is 0 Å². The number of fused-ring (bicyclic) bond motifs is 3. The summed E-state index contributed by atoms with van der Waals surface area (Å²) in [5, 5.41) is 5.01. The van der Waals surface area contributed by atoms with Gasteiger partial charge >= 0.3 is 0 Å². The Balaban J connectivity index is 2.40. The van der Waals surface area contributed by atoms with Gasteiger partial charge in [0.1, 0.15) is 0 Å². The first-order valence-corrected chi connectivity index (χ1v) is 6.28. The van der Waals surface area contributed by atoms with E-state index in [0.29, 0.717) is 0 Å². The van der Waals surface area contributed by atoms with Crippen LogP contribution in [0.25, 0.3) is 10.9 Å². The lowest BCUT2D eigenvalue weighted by Gasteiger charge is -2.40. The maximum atomic E-state index is 3.63. The average molecular weight is 228 g/mol. The fourth-order valence-electron chi connectivity index (χ4n) is 2.93. The molecule has 2 heteroatoms. The van der Waals surface area contributed by atoms with Crippen molar-refractivity contribution in [1.29, 1.82) is 0 Å². The smallest absolute Gasteiger partial charge is 0.0533 e. The van der Waals surface area contributed by atoms with E-state index in [4.69, 9.17) is 0 Å². The summed E-state index contributed by atoms with van der Waals surface area (Å²) in [7, 11) is 0. The molecular weight excluding hydrogens is 208 g/mol. The first-order valence-electron chi connectivity index (χ1n) is 6.28. The van der Waals surface area contributed by atoms with Crippen LogP contribution in [-0.2, 0) is 11.0 Å². The lowest BCUT2D eigenvalue weighted by molar-refractivity contribution is 0.304. The highest BCUT2D eigenvalue weighted by Crippen LogP contribution is 2.41. The van der Waals surface area contributed by atoms with Crippen LogP contribution in [0.5, 0.6) is 0 Å². The van der Waals surface area contributed by atoms with Gasteiger partial charge in [-0.2, -0.15) is 0 Å². The van der Waals surface area contributed by atoms with Gasteiger partial charge in [-0.1, -0.05) is 32.0 Å². The standard InChI is InChI=1S/C15H20N2/c1-14(2)9-16-15(3,4)13-12(14)10-7-5-6-8-11(10)17-13/h5-8,16-17H,9H2,1-4H3. The first kappa shape index (κ1) is 10.8. The maximum absolute atomic E-state index is 3.63. The monoisotopic (exact) mass is 228 g/mol. The van der Waals surface area contributed by atoms with Gasteiger partial charge in [0, 0.05) is 28.6 Å². The van der Waals surface area contributed by atoms with Crippen molar-refractivity contribution in [3.8, 4) is 0 Å². The van der Waals surface area contributed by atoms with Crippen LogP contribution >= 0.6 is 0 Å². The Labute approximate surface area is 102 Å². The van der Waals surface area contributed by atoms with Crippen LogP contribution in [0.4, 0.5) is 0 Å². The number of aromatic nitrogens is 1. The van der Waals surface area contributed by atoms with Gasteiger partial charge in [-0.25, -0.2) is 0 Å². The number of rotatable bonds is 0. The van der Waals surface area contributed by atoms with Crippen LogP contribution in [0.3, 0.4) is 0 Å². The lowest BCUT2D eigenvalue weighted by atomic mass is 9.75.